The highest BCUT2D eigenvalue weighted by atomic mass is 32.2. The van der Waals surface area contributed by atoms with Crippen molar-refractivity contribution in [3.63, 3.8) is 0 Å². The molecule has 0 saturated heterocycles. The van der Waals surface area contributed by atoms with Gasteiger partial charge in [0.05, 0.1) is 0 Å². The molecule has 1 aromatic carbocycles. The number of hydrogen-bond donors (Lipinski definition) is 3. The van der Waals surface area contributed by atoms with Crippen molar-refractivity contribution in [3.8, 4) is 0 Å². The van der Waals surface area contributed by atoms with Gasteiger partial charge in [-0.2, -0.15) is 13.1 Å². The standard InChI is InChI=1S/C10H15N3O2S/c1-11-16(14,15)13-5-8-2-3-9-6-12-7-10(9)4-8/h2-4,11-13H,5-7H2,1H3. The van der Waals surface area contributed by atoms with Crippen molar-refractivity contribution < 1.29 is 8.42 Å². The molecule has 1 aliphatic heterocycles. The van der Waals surface area contributed by atoms with E-state index in [1.165, 1.54) is 18.2 Å². The Hall–Kier alpha value is -0.950. The summed E-state index contributed by atoms with van der Waals surface area (Å²) >= 11 is 0. The van der Waals surface area contributed by atoms with E-state index in [2.05, 4.69) is 14.8 Å². The summed E-state index contributed by atoms with van der Waals surface area (Å²) in [5, 5.41) is 3.25. The van der Waals surface area contributed by atoms with Gasteiger partial charge in [0.15, 0.2) is 0 Å². The number of nitrogens with one attached hydrogen (secondary N) is 3. The third-order valence-electron chi connectivity index (χ3n) is 2.64. The molecule has 0 radical (unpaired) electrons. The van der Waals surface area contributed by atoms with Crippen molar-refractivity contribution >= 4 is 10.2 Å². The van der Waals surface area contributed by atoms with Gasteiger partial charge in [0.1, 0.15) is 0 Å². The minimum atomic E-state index is -3.35. The zero-order chi connectivity index (χ0) is 11.6. The molecule has 5 nitrogen and oxygen atoms in total. The van der Waals surface area contributed by atoms with E-state index in [1.807, 2.05) is 18.2 Å². The van der Waals surface area contributed by atoms with Gasteiger partial charge < -0.3 is 5.32 Å². The molecule has 3 N–H and O–H groups in total. The van der Waals surface area contributed by atoms with E-state index in [1.54, 1.807) is 0 Å². The zero-order valence-electron chi connectivity index (χ0n) is 9.08. The molecule has 1 aliphatic rings. The maximum Gasteiger partial charge on any atom is 0.276 e. The van der Waals surface area contributed by atoms with Crippen LogP contribution in [-0.2, 0) is 29.8 Å². The molecular formula is C10H15N3O2S. The lowest BCUT2D eigenvalue weighted by Crippen LogP contribution is -2.33. The fraction of sp³-hybridized carbons (Fsp3) is 0.400. The largest absolute Gasteiger partial charge is 0.309 e. The lowest BCUT2D eigenvalue weighted by atomic mass is 10.1. The Morgan fingerprint density at radius 3 is 2.81 bits per heavy atom. The summed E-state index contributed by atoms with van der Waals surface area (Å²) in [6, 6.07) is 6.02. The zero-order valence-corrected chi connectivity index (χ0v) is 9.89. The summed E-state index contributed by atoms with van der Waals surface area (Å²) < 4.78 is 27.0. The fourth-order valence-electron chi connectivity index (χ4n) is 1.71. The molecule has 0 aromatic heterocycles. The predicted octanol–water partition coefficient (Wildman–Crippen LogP) is -0.156. The first-order valence-electron chi connectivity index (χ1n) is 5.10. The van der Waals surface area contributed by atoms with Crippen LogP contribution in [-0.4, -0.2) is 15.5 Å². The van der Waals surface area contributed by atoms with Crippen LogP contribution >= 0.6 is 0 Å². The van der Waals surface area contributed by atoms with E-state index in [-0.39, 0.29) is 0 Å². The molecule has 0 bridgehead atoms. The maximum atomic E-state index is 11.2. The Labute approximate surface area is 95.4 Å². The van der Waals surface area contributed by atoms with Crippen molar-refractivity contribution in [2.24, 2.45) is 0 Å². The summed E-state index contributed by atoms with van der Waals surface area (Å²) in [5.74, 6) is 0. The molecule has 88 valence electrons. The summed E-state index contributed by atoms with van der Waals surface area (Å²) in [7, 11) is -1.96. The minimum Gasteiger partial charge on any atom is -0.309 e. The van der Waals surface area contributed by atoms with Crippen LogP contribution < -0.4 is 14.8 Å². The van der Waals surface area contributed by atoms with Crippen molar-refractivity contribution in [1.82, 2.24) is 14.8 Å². The number of benzene rings is 1. The molecule has 16 heavy (non-hydrogen) atoms. The monoisotopic (exact) mass is 241 g/mol. The molecule has 1 aromatic rings. The average Bonchev–Trinajstić information content (AvgIpc) is 2.73. The van der Waals surface area contributed by atoms with Crippen molar-refractivity contribution in [3.05, 3.63) is 34.9 Å². The van der Waals surface area contributed by atoms with Crippen LogP contribution in [0.1, 0.15) is 16.7 Å². The van der Waals surface area contributed by atoms with Gasteiger partial charge in [0, 0.05) is 26.7 Å². The summed E-state index contributed by atoms with van der Waals surface area (Å²) in [5.41, 5.74) is 3.52. The SMILES string of the molecule is CNS(=O)(=O)NCc1ccc2c(c1)CNC2. The van der Waals surface area contributed by atoms with Crippen LogP contribution in [0.15, 0.2) is 18.2 Å². The molecule has 0 unspecified atom stereocenters. The normalized spacial score (nSPS) is 15.1. The van der Waals surface area contributed by atoms with Gasteiger partial charge in [0.2, 0.25) is 0 Å². The summed E-state index contributed by atoms with van der Waals surface area (Å²) in [6.07, 6.45) is 0. The Balaban J connectivity index is 2.06. The van der Waals surface area contributed by atoms with E-state index < -0.39 is 10.2 Å². The lowest BCUT2D eigenvalue weighted by Gasteiger charge is -2.06. The van der Waals surface area contributed by atoms with E-state index in [0.29, 0.717) is 6.54 Å². The highest BCUT2D eigenvalue weighted by Crippen LogP contribution is 2.16. The smallest absolute Gasteiger partial charge is 0.276 e. The first-order valence-corrected chi connectivity index (χ1v) is 6.58. The third kappa shape index (κ3) is 2.59. The Morgan fingerprint density at radius 2 is 2.06 bits per heavy atom. The molecule has 1 heterocycles. The molecule has 0 fully saturated rings. The van der Waals surface area contributed by atoms with Crippen LogP contribution in [0.5, 0.6) is 0 Å². The molecule has 0 atom stereocenters. The Kier molecular flexibility index (Phi) is 3.25. The van der Waals surface area contributed by atoms with E-state index in [9.17, 15) is 8.42 Å². The second kappa shape index (κ2) is 4.50. The minimum absolute atomic E-state index is 0.316. The number of hydrogen-bond acceptors (Lipinski definition) is 3. The molecule has 2 rings (SSSR count). The van der Waals surface area contributed by atoms with Crippen molar-refractivity contribution in [2.75, 3.05) is 7.05 Å². The Bertz CT molecular complexity index is 485. The molecular weight excluding hydrogens is 226 g/mol. The van der Waals surface area contributed by atoms with Gasteiger partial charge in [-0.05, 0) is 16.7 Å². The second-order valence-corrected chi connectivity index (χ2v) is 5.44. The van der Waals surface area contributed by atoms with Gasteiger partial charge in [-0.3, -0.25) is 0 Å². The third-order valence-corrected chi connectivity index (χ3v) is 3.70. The number of fused-ring (bicyclic) bond motifs is 1. The average molecular weight is 241 g/mol. The number of rotatable bonds is 4. The molecule has 0 saturated carbocycles. The molecule has 0 amide bonds. The summed E-state index contributed by atoms with van der Waals surface area (Å²) in [4.78, 5) is 0. The van der Waals surface area contributed by atoms with Crippen LogP contribution in [0, 0.1) is 0 Å². The molecule has 6 heteroatoms. The van der Waals surface area contributed by atoms with Crippen molar-refractivity contribution in [1.29, 1.82) is 0 Å². The maximum absolute atomic E-state index is 11.2. The van der Waals surface area contributed by atoms with Crippen LogP contribution in [0.4, 0.5) is 0 Å². The van der Waals surface area contributed by atoms with Gasteiger partial charge in [-0.15, -0.1) is 0 Å². The molecule has 0 aliphatic carbocycles. The first-order chi connectivity index (χ1) is 7.61. The quantitative estimate of drug-likeness (QED) is 0.686. The highest BCUT2D eigenvalue weighted by Gasteiger charge is 2.11. The highest BCUT2D eigenvalue weighted by molar-refractivity contribution is 7.87. The predicted molar refractivity (Wildman–Crippen MR) is 61.8 cm³/mol. The van der Waals surface area contributed by atoms with Crippen LogP contribution in [0.25, 0.3) is 0 Å². The fourth-order valence-corrected chi connectivity index (χ4v) is 2.21. The second-order valence-electron chi connectivity index (χ2n) is 3.74. The lowest BCUT2D eigenvalue weighted by molar-refractivity contribution is 0.573. The van der Waals surface area contributed by atoms with E-state index in [4.69, 9.17) is 0 Å². The van der Waals surface area contributed by atoms with Gasteiger partial charge in [-0.25, -0.2) is 4.72 Å². The Morgan fingerprint density at radius 1 is 1.31 bits per heavy atom. The van der Waals surface area contributed by atoms with E-state index in [0.717, 1.165) is 18.7 Å². The van der Waals surface area contributed by atoms with Crippen LogP contribution in [0.3, 0.4) is 0 Å². The van der Waals surface area contributed by atoms with Gasteiger partial charge >= 0.3 is 0 Å². The first kappa shape index (κ1) is 11.5. The van der Waals surface area contributed by atoms with Gasteiger partial charge in [0.25, 0.3) is 10.2 Å². The summed E-state index contributed by atoms with van der Waals surface area (Å²) in [6.45, 7) is 2.08. The van der Waals surface area contributed by atoms with Crippen molar-refractivity contribution in [2.45, 2.75) is 19.6 Å². The molecule has 0 spiro atoms. The topological polar surface area (TPSA) is 70.2 Å². The van der Waals surface area contributed by atoms with Crippen LogP contribution in [0.2, 0.25) is 0 Å². The van der Waals surface area contributed by atoms with Gasteiger partial charge in [-0.1, -0.05) is 18.2 Å². The van der Waals surface area contributed by atoms with E-state index >= 15 is 0 Å².